The van der Waals surface area contributed by atoms with Crippen LogP contribution in [0.4, 0.5) is 5.82 Å². The normalized spacial score (nSPS) is 10.4. The average molecular weight is 193 g/mol. The SMILES string of the molecule is Cc1cc(NCc2cnnn2C)no1. The van der Waals surface area contributed by atoms with Gasteiger partial charge in [0.1, 0.15) is 5.76 Å². The Kier molecular flexibility index (Phi) is 2.18. The zero-order valence-electron chi connectivity index (χ0n) is 8.06. The Bertz CT molecular complexity index is 419. The van der Waals surface area contributed by atoms with Crippen molar-refractivity contribution in [1.82, 2.24) is 20.2 Å². The molecule has 2 aromatic heterocycles. The van der Waals surface area contributed by atoms with Crippen molar-refractivity contribution in [2.24, 2.45) is 7.05 Å². The Labute approximate surface area is 80.9 Å². The van der Waals surface area contributed by atoms with Gasteiger partial charge in [-0.05, 0) is 6.92 Å². The molecular weight excluding hydrogens is 182 g/mol. The van der Waals surface area contributed by atoms with Crippen LogP contribution in [-0.2, 0) is 13.6 Å². The standard InChI is InChI=1S/C8H11N5O/c1-6-3-8(11-14-6)9-4-7-5-10-12-13(7)2/h3,5H,4H2,1-2H3,(H,9,11). The highest BCUT2D eigenvalue weighted by atomic mass is 16.5. The lowest BCUT2D eigenvalue weighted by Crippen LogP contribution is -2.05. The molecule has 0 radical (unpaired) electrons. The van der Waals surface area contributed by atoms with E-state index in [1.165, 1.54) is 0 Å². The Balaban J connectivity index is 1.98. The largest absolute Gasteiger partial charge is 0.362 e. The van der Waals surface area contributed by atoms with Crippen molar-refractivity contribution < 1.29 is 4.52 Å². The second-order valence-electron chi connectivity index (χ2n) is 3.03. The summed E-state index contributed by atoms with van der Waals surface area (Å²) >= 11 is 0. The molecule has 14 heavy (non-hydrogen) atoms. The van der Waals surface area contributed by atoms with E-state index in [2.05, 4.69) is 20.8 Å². The van der Waals surface area contributed by atoms with Crippen molar-refractivity contribution in [2.75, 3.05) is 5.32 Å². The minimum Gasteiger partial charge on any atom is -0.362 e. The number of hydrogen-bond acceptors (Lipinski definition) is 5. The lowest BCUT2D eigenvalue weighted by molar-refractivity contribution is 0.399. The average Bonchev–Trinajstić information content (AvgIpc) is 2.72. The minimum atomic E-state index is 0.634. The fourth-order valence-corrected chi connectivity index (χ4v) is 1.10. The van der Waals surface area contributed by atoms with Gasteiger partial charge in [0.15, 0.2) is 5.82 Å². The van der Waals surface area contributed by atoms with Crippen LogP contribution in [0.25, 0.3) is 0 Å². The molecule has 6 heteroatoms. The van der Waals surface area contributed by atoms with Crippen LogP contribution in [0, 0.1) is 6.92 Å². The molecule has 1 N–H and O–H groups in total. The highest BCUT2D eigenvalue weighted by Gasteiger charge is 2.02. The molecule has 0 aromatic carbocycles. The van der Waals surface area contributed by atoms with Crippen LogP contribution < -0.4 is 5.32 Å². The molecule has 0 bridgehead atoms. The van der Waals surface area contributed by atoms with Gasteiger partial charge in [0.2, 0.25) is 0 Å². The Morgan fingerprint density at radius 3 is 3.00 bits per heavy atom. The highest BCUT2D eigenvalue weighted by Crippen LogP contribution is 2.08. The second kappa shape index (κ2) is 3.49. The number of rotatable bonds is 3. The van der Waals surface area contributed by atoms with Crippen LogP contribution in [0.1, 0.15) is 11.5 Å². The summed E-state index contributed by atoms with van der Waals surface area (Å²) in [6.45, 7) is 2.49. The number of nitrogens with one attached hydrogen (secondary N) is 1. The first-order valence-electron chi connectivity index (χ1n) is 4.26. The predicted octanol–water partition coefficient (Wildman–Crippen LogP) is 0.724. The minimum absolute atomic E-state index is 0.634. The zero-order valence-corrected chi connectivity index (χ0v) is 8.06. The molecule has 0 fully saturated rings. The molecule has 2 aromatic rings. The van der Waals surface area contributed by atoms with Gasteiger partial charge in [-0.1, -0.05) is 10.4 Å². The number of aromatic nitrogens is 4. The molecule has 0 aliphatic carbocycles. The summed E-state index contributed by atoms with van der Waals surface area (Å²) in [5.41, 5.74) is 0.991. The van der Waals surface area contributed by atoms with Gasteiger partial charge in [0.05, 0.1) is 18.4 Å². The Hall–Kier alpha value is -1.85. The van der Waals surface area contributed by atoms with E-state index in [4.69, 9.17) is 4.52 Å². The first kappa shape index (κ1) is 8.74. The van der Waals surface area contributed by atoms with Crippen molar-refractivity contribution in [2.45, 2.75) is 13.5 Å². The molecule has 74 valence electrons. The van der Waals surface area contributed by atoms with E-state index >= 15 is 0 Å². The fourth-order valence-electron chi connectivity index (χ4n) is 1.10. The van der Waals surface area contributed by atoms with Gasteiger partial charge in [0, 0.05) is 13.1 Å². The lowest BCUT2D eigenvalue weighted by atomic mass is 10.4. The van der Waals surface area contributed by atoms with Crippen LogP contribution in [0.15, 0.2) is 16.8 Å². The lowest BCUT2D eigenvalue weighted by Gasteiger charge is -2.00. The first-order chi connectivity index (χ1) is 6.75. The van der Waals surface area contributed by atoms with Crippen molar-refractivity contribution >= 4 is 5.82 Å². The summed E-state index contributed by atoms with van der Waals surface area (Å²) in [6, 6.07) is 1.84. The third kappa shape index (κ3) is 1.73. The molecule has 0 atom stereocenters. The summed E-state index contributed by atoms with van der Waals surface area (Å²) in [6.07, 6.45) is 1.71. The molecule has 0 saturated carbocycles. The number of nitrogens with zero attached hydrogens (tertiary/aromatic N) is 4. The maximum Gasteiger partial charge on any atom is 0.169 e. The van der Waals surface area contributed by atoms with Crippen LogP contribution in [0.3, 0.4) is 0 Å². The van der Waals surface area contributed by atoms with Crippen LogP contribution in [-0.4, -0.2) is 20.2 Å². The number of hydrogen-bond donors (Lipinski definition) is 1. The molecule has 0 unspecified atom stereocenters. The van der Waals surface area contributed by atoms with Crippen molar-refractivity contribution in [3.05, 3.63) is 23.7 Å². The summed E-state index contributed by atoms with van der Waals surface area (Å²) in [7, 11) is 1.85. The molecular formula is C8H11N5O. The third-order valence-corrected chi connectivity index (χ3v) is 1.89. The van der Waals surface area contributed by atoms with Gasteiger partial charge in [-0.3, -0.25) is 4.68 Å². The van der Waals surface area contributed by atoms with Crippen LogP contribution in [0.2, 0.25) is 0 Å². The zero-order chi connectivity index (χ0) is 9.97. The van der Waals surface area contributed by atoms with Gasteiger partial charge in [-0.2, -0.15) is 0 Å². The van der Waals surface area contributed by atoms with Crippen molar-refractivity contribution in [3.8, 4) is 0 Å². The summed E-state index contributed by atoms with van der Waals surface area (Å²) in [5.74, 6) is 1.51. The maximum absolute atomic E-state index is 4.91. The van der Waals surface area contributed by atoms with E-state index in [0.717, 1.165) is 17.3 Å². The second-order valence-corrected chi connectivity index (χ2v) is 3.03. The van der Waals surface area contributed by atoms with E-state index in [1.54, 1.807) is 10.9 Å². The summed E-state index contributed by atoms with van der Waals surface area (Å²) in [5, 5.41) is 14.5. The summed E-state index contributed by atoms with van der Waals surface area (Å²) < 4.78 is 6.62. The predicted molar refractivity (Wildman–Crippen MR) is 49.6 cm³/mol. The monoisotopic (exact) mass is 193 g/mol. The Morgan fingerprint density at radius 1 is 1.57 bits per heavy atom. The molecule has 6 nitrogen and oxygen atoms in total. The van der Waals surface area contributed by atoms with E-state index in [9.17, 15) is 0 Å². The van der Waals surface area contributed by atoms with Gasteiger partial charge < -0.3 is 9.84 Å². The smallest absolute Gasteiger partial charge is 0.169 e. The quantitative estimate of drug-likeness (QED) is 0.778. The molecule has 0 amide bonds. The Morgan fingerprint density at radius 2 is 2.43 bits per heavy atom. The molecule has 0 saturated heterocycles. The van der Waals surface area contributed by atoms with Gasteiger partial charge in [0.25, 0.3) is 0 Å². The molecule has 0 aliphatic rings. The van der Waals surface area contributed by atoms with Crippen LogP contribution in [0.5, 0.6) is 0 Å². The fraction of sp³-hybridized carbons (Fsp3) is 0.375. The topological polar surface area (TPSA) is 68.8 Å². The summed E-state index contributed by atoms with van der Waals surface area (Å²) in [4.78, 5) is 0. The van der Waals surface area contributed by atoms with E-state index in [1.807, 2.05) is 20.0 Å². The first-order valence-corrected chi connectivity index (χ1v) is 4.26. The van der Waals surface area contributed by atoms with E-state index < -0.39 is 0 Å². The van der Waals surface area contributed by atoms with Crippen molar-refractivity contribution in [1.29, 1.82) is 0 Å². The van der Waals surface area contributed by atoms with Gasteiger partial charge in [-0.25, -0.2) is 0 Å². The van der Waals surface area contributed by atoms with E-state index in [0.29, 0.717) is 6.54 Å². The molecule has 0 spiro atoms. The van der Waals surface area contributed by atoms with Gasteiger partial charge in [-0.15, -0.1) is 5.10 Å². The van der Waals surface area contributed by atoms with Gasteiger partial charge >= 0.3 is 0 Å². The maximum atomic E-state index is 4.91. The third-order valence-electron chi connectivity index (χ3n) is 1.89. The molecule has 2 rings (SSSR count). The van der Waals surface area contributed by atoms with E-state index in [-0.39, 0.29) is 0 Å². The number of anilines is 1. The molecule has 2 heterocycles. The van der Waals surface area contributed by atoms with Crippen LogP contribution >= 0.6 is 0 Å². The van der Waals surface area contributed by atoms with Crippen molar-refractivity contribution in [3.63, 3.8) is 0 Å². The highest BCUT2D eigenvalue weighted by molar-refractivity contribution is 5.33. The molecule has 0 aliphatic heterocycles. The number of aryl methyl sites for hydroxylation is 2.